The fraction of sp³-hybridized carbons (Fsp3) is 0.429. The van der Waals surface area contributed by atoms with Gasteiger partial charge in [0, 0.05) is 25.1 Å². The largest absolute Gasteiger partial charge is 0.383 e. The molecule has 0 unspecified atom stereocenters. The van der Waals surface area contributed by atoms with Crippen molar-refractivity contribution in [1.82, 2.24) is 9.97 Å². The van der Waals surface area contributed by atoms with Crippen molar-refractivity contribution in [3.05, 3.63) is 24.3 Å². The Bertz CT molecular complexity index is 556. The van der Waals surface area contributed by atoms with Crippen molar-refractivity contribution >= 4 is 22.7 Å². The summed E-state index contributed by atoms with van der Waals surface area (Å²) in [6.45, 7) is 5.68. The van der Waals surface area contributed by atoms with Crippen LogP contribution in [0.25, 0.3) is 10.9 Å². The quantitative estimate of drug-likeness (QED) is 0.891. The predicted octanol–water partition coefficient (Wildman–Crippen LogP) is 2.07. The standard InChI is InChI=1S/C14H20N4O/c1-10(2)18(8-9-19-3)13-11-6-4-5-7-12(11)16-14(15)17-13/h4-7,10H,8-9H2,1-3H3,(H2,15,16,17). The molecule has 0 atom stereocenters. The van der Waals surface area contributed by atoms with Crippen LogP contribution >= 0.6 is 0 Å². The summed E-state index contributed by atoms with van der Waals surface area (Å²) in [5, 5.41) is 1.02. The number of ether oxygens (including phenoxy) is 1. The predicted molar refractivity (Wildman–Crippen MR) is 78.3 cm³/mol. The maximum atomic E-state index is 5.81. The van der Waals surface area contributed by atoms with E-state index in [1.54, 1.807) is 7.11 Å². The molecular weight excluding hydrogens is 240 g/mol. The molecule has 0 spiro atoms. The van der Waals surface area contributed by atoms with Crippen molar-refractivity contribution in [1.29, 1.82) is 0 Å². The lowest BCUT2D eigenvalue weighted by atomic mass is 10.2. The zero-order valence-corrected chi connectivity index (χ0v) is 11.6. The zero-order valence-electron chi connectivity index (χ0n) is 11.6. The second-order valence-electron chi connectivity index (χ2n) is 4.70. The molecule has 1 heterocycles. The Kier molecular flexibility index (Phi) is 4.16. The minimum absolute atomic E-state index is 0.303. The molecule has 0 radical (unpaired) electrons. The van der Waals surface area contributed by atoms with E-state index in [0.717, 1.165) is 23.3 Å². The molecule has 0 saturated carbocycles. The molecule has 0 aliphatic rings. The van der Waals surface area contributed by atoms with Gasteiger partial charge in [0.15, 0.2) is 0 Å². The maximum Gasteiger partial charge on any atom is 0.222 e. The van der Waals surface area contributed by atoms with Gasteiger partial charge in [-0.25, -0.2) is 4.98 Å². The molecule has 2 N–H and O–H groups in total. The number of nitrogens with zero attached hydrogens (tertiary/aromatic N) is 3. The Morgan fingerprint density at radius 3 is 2.68 bits per heavy atom. The minimum atomic E-state index is 0.303. The van der Waals surface area contributed by atoms with Crippen LogP contribution in [-0.2, 0) is 4.74 Å². The number of hydrogen-bond acceptors (Lipinski definition) is 5. The highest BCUT2D eigenvalue weighted by atomic mass is 16.5. The molecule has 5 nitrogen and oxygen atoms in total. The van der Waals surface area contributed by atoms with Crippen molar-refractivity contribution in [2.24, 2.45) is 0 Å². The molecule has 0 aliphatic heterocycles. The van der Waals surface area contributed by atoms with Crippen molar-refractivity contribution in [3.8, 4) is 0 Å². The Hall–Kier alpha value is -1.88. The SMILES string of the molecule is COCCN(c1nc(N)nc2ccccc12)C(C)C. The van der Waals surface area contributed by atoms with Gasteiger partial charge in [0.2, 0.25) is 5.95 Å². The van der Waals surface area contributed by atoms with Crippen molar-refractivity contribution in [2.75, 3.05) is 30.9 Å². The van der Waals surface area contributed by atoms with Crippen LogP contribution in [0.2, 0.25) is 0 Å². The first-order chi connectivity index (χ1) is 9.13. The van der Waals surface area contributed by atoms with Crippen molar-refractivity contribution < 1.29 is 4.74 Å². The number of benzene rings is 1. The number of nitrogens with two attached hydrogens (primary N) is 1. The van der Waals surface area contributed by atoms with Gasteiger partial charge in [-0.3, -0.25) is 0 Å². The van der Waals surface area contributed by atoms with E-state index in [-0.39, 0.29) is 0 Å². The van der Waals surface area contributed by atoms with Crippen LogP contribution in [0.4, 0.5) is 11.8 Å². The number of anilines is 2. The van der Waals surface area contributed by atoms with Crippen LogP contribution in [0.3, 0.4) is 0 Å². The van der Waals surface area contributed by atoms with Gasteiger partial charge in [-0.15, -0.1) is 0 Å². The molecule has 0 amide bonds. The van der Waals surface area contributed by atoms with Crippen LogP contribution in [-0.4, -0.2) is 36.3 Å². The Labute approximate surface area is 113 Å². The van der Waals surface area contributed by atoms with Gasteiger partial charge < -0.3 is 15.4 Å². The summed E-state index contributed by atoms with van der Waals surface area (Å²) in [7, 11) is 1.70. The Morgan fingerprint density at radius 1 is 1.26 bits per heavy atom. The average molecular weight is 260 g/mol. The number of fused-ring (bicyclic) bond motifs is 1. The van der Waals surface area contributed by atoms with E-state index in [0.29, 0.717) is 18.6 Å². The van der Waals surface area contributed by atoms with E-state index in [1.165, 1.54) is 0 Å². The monoisotopic (exact) mass is 260 g/mol. The summed E-state index contributed by atoms with van der Waals surface area (Å²) >= 11 is 0. The zero-order chi connectivity index (χ0) is 13.8. The van der Waals surface area contributed by atoms with Gasteiger partial charge in [0.05, 0.1) is 12.1 Å². The molecule has 102 valence electrons. The lowest BCUT2D eigenvalue weighted by molar-refractivity contribution is 0.203. The van der Waals surface area contributed by atoms with Gasteiger partial charge in [0.25, 0.3) is 0 Å². The Morgan fingerprint density at radius 2 is 2.00 bits per heavy atom. The highest BCUT2D eigenvalue weighted by Gasteiger charge is 2.16. The molecule has 2 rings (SSSR count). The molecule has 2 aromatic rings. The van der Waals surface area contributed by atoms with E-state index in [4.69, 9.17) is 10.5 Å². The summed E-state index contributed by atoms with van der Waals surface area (Å²) in [6.07, 6.45) is 0. The van der Waals surface area contributed by atoms with Crippen LogP contribution in [0.15, 0.2) is 24.3 Å². The smallest absolute Gasteiger partial charge is 0.222 e. The lowest BCUT2D eigenvalue weighted by Crippen LogP contribution is -2.34. The van der Waals surface area contributed by atoms with Gasteiger partial charge >= 0.3 is 0 Å². The van der Waals surface area contributed by atoms with Gasteiger partial charge in [-0.2, -0.15) is 4.98 Å². The molecular formula is C14H20N4O. The van der Waals surface area contributed by atoms with E-state index in [2.05, 4.69) is 28.7 Å². The first-order valence-corrected chi connectivity index (χ1v) is 6.41. The summed E-state index contributed by atoms with van der Waals surface area (Å²) in [5.74, 6) is 1.17. The molecule has 0 bridgehead atoms. The van der Waals surface area contributed by atoms with Gasteiger partial charge in [-0.1, -0.05) is 12.1 Å². The van der Waals surface area contributed by atoms with Crippen molar-refractivity contribution in [3.63, 3.8) is 0 Å². The molecule has 19 heavy (non-hydrogen) atoms. The molecule has 1 aromatic heterocycles. The number of methoxy groups -OCH3 is 1. The van der Waals surface area contributed by atoms with Crippen molar-refractivity contribution in [2.45, 2.75) is 19.9 Å². The number of nitrogen functional groups attached to an aromatic ring is 1. The molecule has 1 aromatic carbocycles. The molecule has 0 aliphatic carbocycles. The summed E-state index contributed by atoms with van der Waals surface area (Å²) in [6, 6.07) is 8.22. The lowest BCUT2D eigenvalue weighted by Gasteiger charge is -2.28. The highest BCUT2D eigenvalue weighted by molar-refractivity contribution is 5.90. The van der Waals surface area contributed by atoms with Gasteiger partial charge in [0.1, 0.15) is 5.82 Å². The summed E-state index contributed by atoms with van der Waals surface area (Å²) < 4.78 is 5.17. The summed E-state index contributed by atoms with van der Waals surface area (Å²) in [5.41, 5.74) is 6.68. The average Bonchev–Trinajstić information content (AvgIpc) is 2.38. The first-order valence-electron chi connectivity index (χ1n) is 6.41. The summed E-state index contributed by atoms with van der Waals surface area (Å²) in [4.78, 5) is 10.9. The van der Waals surface area contributed by atoms with Crippen LogP contribution < -0.4 is 10.6 Å². The topological polar surface area (TPSA) is 64.3 Å². The van der Waals surface area contributed by atoms with Crippen LogP contribution in [0.1, 0.15) is 13.8 Å². The first kappa shape index (κ1) is 13.5. The molecule has 0 saturated heterocycles. The number of aromatic nitrogens is 2. The fourth-order valence-corrected chi connectivity index (χ4v) is 2.09. The minimum Gasteiger partial charge on any atom is -0.383 e. The molecule has 0 fully saturated rings. The fourth-order valence-electron chi connectivity index (χ4n) is 2.09. The van der Waals surface area contributed by atoms with E-state index in [1.807, 2.05) is 24.3 Å². The molecule has 5 heteroatoms. The number of rotatable bonds is 5. The maximum absolute atomic E-state index is 5.81. The van der Waals surface area contributed by atoms with E-state index < -0.39 is 0 Å². The van der Waals surface area contributed by atoms with Crippen LogP contribution in [0.5, 0.6) is 0 Å². The van der Waals surface area contributed by atoms with E-state index in [9.17, 15) is 0 Å². The third-order valence-corrected chi connectivity index (χ3v) is 3.03. The normalized spacial score (nSPS) is 11.2. The third kappa shape index (κ3) is 2.93. The second kappa shape index (κ2) is 5.84. The van der Waals surface area contributed by atoms with Crippen LogP contribution in [0, 0.1) is 0 Å². The highest BCUT2D eigenvalue weighted by Crippen LogP contribution is 2.25. The second-order valence-corrected chi connectivity index (χ2v) is 4.70. The van der Waals surface area contributed by atoms with E-state index >= 15 is 0 Å². The van der Waals surface area contributed by atoms with Gasteiger partial charge in [-0.05, 0) is 26.0 Å². The Balaban J connectivity index is 2.51. The number of hydrogen-bond donors (Lipinski definition) is 1. The number of para-hydroxylation sites is 1. The third-order valence-electron chi connectivity index (χ3n) is 3.03.